The van der Waals surface area contributed by atoms with Crippen LogP contribution in [-0.4, -0.2) is 12.6 Å². The number of hydrogen-bond acceptors (Lipinski definition) is 3. The summed E-state index contributed by atoms with van der Waals surface area (Å²) >= 11 is 0. The lowest BCUT2D eigenvalue weighted by Crippen LogP contribution is -2.11. The molecule has 0 unspecified atom stereocenters. The van der Waals surface area contributed by atoms with Crippen molar-refractivity contribution >= 4 is 5.97 Å². The van der Waals surface area contributed by atoms with Crippen molar-refractivity contribution in [1.82, 2.24) is 0 Å². The van der Waals surface area contributed by atoms with Crippen molar-refractivity contribution in [3.05, 3.63) is 59.7 Å². The zero-order valence-electron chi connectivity index (χ0n) is 15.0. The summed E-state index contributed by atoms with van der Waals surface area (Å²) in [5.74, 6) is 1.23. The molecule has 0 aromatic heterocycles. The molecule has 0 aliphatic rings. The van der Waals surface area contributed by atoms with Crippen LogP contribution in [0.1, 0.15) is 44.7 Å². The summed E-state index contributed by atoms with van der Waals surface area (Å²) in [7, 11) is 0. The smallest absolute Gasteiger partial charge is 0.311 e. The van der Waals surface area contributed by atoms with Gasteiger partial charge in [0.15, 0.2) is 0 Å². The average Bonchev–Trinajstić information content (AvgIpc) is 2.53. The topological polar surface area (TPSA) is 35.5 Å². The summed E-state index contributed by atoms with van der Waals surface area (Å²) < 4.78 is 11.0. The highest BCUT2D eigenvalue weighted by Gasteiger charge is 2.13. The second kappa shape index (κ2) is 8.00. The number of para-hydroxylation sites is 1. The van der Waals surface area contributed by atoms with Gasteiger partial charge in [-0.25, -0.2) is 0 Å². The molecule has 0 aliphatic heterocycles. The number of carbonyl (C=O) groups excluding carboxylic acids is 1. The van der Waals surface area contributed by atoms with Gasteiger partial charge in [0.1, 0.15) is 11.5 Å². The Hall–Kier alpha value is -2.29. The molecular weight excluding hydrogens is 300 g/mol. The van der Waals surface area contributed by atoms with Gasteiger partial charge in [0, 0.05) is 6.42 Å². The Bertz CT molecular complexity index is 666. The van der Waals surface area contributed by atoms with Gasteiger partial charge in [-0.2, -0.15) is 0 Å². The number of aryl methyl sites for hydroxylation is 1. The van der Waals surface area contributed by atoms with Crippen LogP contribution in [0.25, 0.3) is 0 Å². The van der Waals surface area contributed by atoms with Crippen LogP contribution in [0.4, 0.5) is 0 Å². The largest absolute Gasteiger partial charge is 0.494 e. The molecule has 0 spiro atoms. The highest BCUT2D eigenvalue weighted by Crippen LogP contribution is 2.24. The first kappa shape index (κ1) is 18.1. The number of esters is 1. The van der Waals surface area contributed by atoms with Crippen LogP contribution in [0.15, 0.2) is 48.5 Å². The minimum absolute atomic E-state index is 0.137. The molecule has 24 heavy (non-hydrogen) atoms. The third-order valence-corrected chi connectivity index (χ3v) is 3.83. The lowest BCUT2D eigenvalue weighted by atomic mass is 9.87. The Kier molecular flexibility index (Phi) is 6.02. The third-order valence-electron chi connectivity index (χ3n) is 3.83. The monoisotopic (exact) mass is 326 g/mol. The molecule has 0 heterocycles. The summed E-state index contributed by atoms with van der Waals surface area (Å²) in [6, 6.07) is 15.6. The zero-order chi connectivity index (χ0) is 17.6. The number of carbonyl (C=O) groups is 1. The van der Waals surface area contributed by atoms with E-state index in [2.05, 4.69) is 32.9 Å². The molecule has 3 nitrogen and oxygen atoms in total. The van der Waals surface area contributed by atoms with E-state index < -0.39 is 0 Å². The summed E-state index contributed by atoms with van der Waals surface area (Å²) in [4.78, 5) is 11.9. The van der Waals surface area contributed by atoms with Gasteiger partial charge in [-0.05, 0) is 48.1 Å². The van der Waals surface area contributed by atoms with Gasteiger partial charge in [0.05, 0.1) is 6.61 Å². The number of hydrogen-bond donors (Lipinski definition) is 0. The molecule has 0 amide bonds. The lowest BCUT2D eigenvalue weighted by Gasteiger charge is -2.19. The second-order valence-corrected chi connectivity index (χ2v) is 6.97. The van der Waals surface area contributed by atoms with Gasteiger partial charge in [0.25, 0.3) is 0 Å². The summed E-state index contributed by atoms with van der Waals surface area (Å²) in [5, 5.41) is 0. The minimum Gasteiger partial charge on any atom is -0.494 e. The predicted octanol–water partition coefficient (Wildman–Crippen LogP) is 5.06. The molecule has 0 radical (unpaired) electrons. The van der Waals surface area contributed by atoms with E-state index in [0.29, 0.717) is 25.2 Å². The molecule has 0 bridgehead atoms. The standard InChI is InChI=1S/C21H26O3/c1-16-8-5-6-9-19(16)24-20(22)10-7-15-23-18-13-11-17(12-14-18)21(2,3)4/h5-6,8-9,11-14H,7,10,15H2,1-4H3. The Balaban J connectivity index is 1.73. The second-order valence-electron chi connectivity index (χ2n) is 6.97. The van der Waals surface area contributed by atoms with E-state index in [1.54, 1.807) is 6.07 Å². The lowest BCUT2D eigenvalue weighted by molar-refractivity contribution is -0.134. The molecule has 0 N–H and O–H groups in total. The molecule has 128 valence electrons. The highest BCUT2D eigenvalue weighted by atomic mass is 16.5. The first-order chi connectivity index (χ1) is 11.4. The van der Waals surface area contributed by atoms with Crippen molar-refractivity contribution < 1.29 is 14.3 Å². The maximum absolute atomic E-state index is 11.9. The fourth-order valence-corrected chi connectivity index (χ4v) is 2.30. The van der Waals surface area contributed by atoms with Crippen LogP contribution < -0.4 is 9.47 Å². The van der Waals surface area contributed by atoms with Crippen LogP contribution in [0.5, 0.6) is 11.5 Å². The van der Waals surface area contributed by atoms with Crippen LogP contribution >= 0.6 is 0 Å². The van der Waals surface area contributed by atoms with E-state index in [0.717, 1.165) is 11.3 Å². The molecule has 0 fully saturated rings. The van der Waals surface area contributed by atoms with Crippen LogP contribution in [0.2, 0.25) is 0 Å². The van der Waals surface area contributed by atoms with Crippen molar-refractivity contribution in [2.45, 2.75) is 46.0 Å². The Labute approximate surface area is 144 Å². The molecule has 0 saturated carbocycles. The van der Waals surface area contributed by atoms with E-state index in [1.165, 1.54) is 5.56 Å². The molecule has 0 aliphatic carbocycles. The van der Waals surface area contributed by atoms with E-state index in [4.69, 9.17) is 9.47 Å². The normalized spacial score (nSPS) is 11.2. The first-order valence-corrected chi connectivity index (χ1v) is 8.36. The van der Waals surface area contributed by atoms with Crippen molar-refractivity contribution in [2.75, 3.05) is 6.61 Å². The van der Waals surface area contributed by atoms with Gasteiger partial charge in [-0.3, -0.25) is 4.79 Å². The highest BCUT2D eigenvalue weighted by molar-refractivity contribution is 5.72. The van der Waals surface area contributed by atoms with Gasteiger partial charge in [-0.15, -0.1) is 0 Å². The molecular formula is C21H26O3. The van der Waals surface area contributed by atoms with E-state index >= 15 is 0 Å². The molecule has 3 heteroatoms. The van der Waals surface area contributed by atoms with Crippen LogP contribution in [0, 0.1) is 6.92 Å². The van der Waals surface area contributed by atoms with Crippen molar-refractivity contribution in [1.29, 1.82) is 0 Å². The van der Waals surface area contributed by atoms with Crippen molar-refractivity contribution in [2.24, 2.45) is 0 Å². The van der Waals surface area contributed by atoms with Crippen LogP contribution in [-0.2, 0) is 10.2 Å². The van der Waals surface area contributed by atoms with Crippen LogP contribution in [0.3, 0.4) is 0 Å². The summed E-state index contributed by atoms with van der Waals surface area (Å²) in [5.41, 5.74) is 2.37. The summed E-state index contributed by atoms with van der Waals surface area (Å²) in [6.07, 6.45) is 0.972. The zero-order valence-corrected chi connectivity index (χ0v) is 15.0. The molecule has 0 atom stereocenters. The number of rotatable bonds is 6. The number of ether oxygens (including phenoxy) is 2. The van der Waals surface area contributed by atoms with Gasteiger partial charge in [-0.1, -0.05) is 51.1 Å². The molecule has 2 aromatic carbocycles. The number of benzene rings is 2. The maximum Gasteiger partial charge on any atom is 0.311 e. The van der Waals surface area contributed by atoms with Gasteiger partial charge < -0.3 is 9.47 Å². The van der Waals surface area contributed by atoms with E-state index in [1.807, 2.05) is 37.3 Å². The SMILES string of the molecule is Cc1ccccc1OC(=O)CCCOc1ccc(C(C)(C)C)cc1. The van der Waals surface area contributed by atoms with Gasteiger partial charge in [0.2, 0.25) is 0 Å². The molecule has 2 aromatic rings. The van der Waals surface area contributed by atoms with Crippen molar-refractivity contribution in [3.8, 4) is 11.5 Å². The van der Waals surface area contributed by atoms with E-state index in [9.17, 15) is 4.79 Å². The Morgan fingerprint density at radius 2 is 1.67 bits per heavy atom. The third kappa shape index (κ3) is 5.41. The van der Waals surface area contributed by atoms with Crippen molar-refractivity contribution in [3.63, 3.8) is 0 Å². The minimum atomic E-state index is -0.226. The fourth-order valence-electron chi connectivity index (χ4n) is 2.30. The quantitative estimate of drug-likeness (QED) is 0.423. The Morgan fingerprint density at radius 3 is 2.29 bits per heavy atom. The molecule has 0 saturated heterocycles. The molecule has 2 rings (SSSR count). The first-order valence-electron chi connectivity index (χ1n) is 8.36. The summed E-state index contributed by atoms with van der Waals surface area (Å²) in [6.45, 7) is 8.97. The fraction of sp³-hybridized carbons (Fsp3) is 0.381. The average molecular weight is 326 g/mol. The van der Waals surface area contributed by atoms with E-state index in [-0.39, 0.29) is 11.4 Å². The van der Waals surface area contributed by atoms with Gasteiger partial charge >= 0.3 is 5.97 Å². The predicted molar refractivity (Wildman–Crippen MR) is 96.7 cm³/mol. The Morgan fingerprint density at radius 1 is 1.00 bits per heavy atom. The maximum atomic E-state index is 11.9.